The zero-order valence-corrected chi connectivity index (χ0v) is 14.3. The lowest BCUT2D eigenvalue weighted by atomic mass is 9.98. The van der Waals surface area contributed by atoms with Crippen LogP contribution in [0.15, 0.2) is 53.3 Å². The molecule has 25 heavy (non-hydrogen) atoms. The SMILES string of the molecule is CN1CCN(C2c3ccccc3-c3[nH]c(=O)c4ccccc4c32)CC1. The van der Waals surface area contributed by atoms with Crippen molar-refractivity contribution in [1.29, 1.82) is 0 Å². The Balaban J connectivity index is 1.78. The third-order valence-corrected chi connectivity index (χ3v) is 5.67. The minimum absolute atomic E-state index is 0.00294. The van der Waals surface area contributed by atoms with Gasteiger partial charge in [0.15, 0.2) is 0 Å². The van der Waals surface area contributed by atoms with Crippen LogP contribution in [0, 0.1) is 0 Å². The number of aromatic amines is 1. The van der Waals surface area contributed by atoms with Crippen molar-refractivity contribution in [3.63, 3.8) is 0 Å². The molecule has 4 heteroatoms. The molecule has 2 aliphatic rings. The Morgan fingerprint density at radius 1 is 0.920 bits per heavy atom. The van der Waals surface area contributed by atoms with Crippen molar-refractivity contribution in [3.8, 4) is 11.3 Å². The van der Waals surface area contributed by atoms with Gasteiger partial charge in [0.1, 0.15) is 0 Å². The van der Waals surface area contributed by atoms with E-state index in [0.29, 0.717) is 0 Å². The highest BCUT2D eigenvalue weighted by molar-refractivity contribution is 5.93. The fraction of sp³-hybridized carbons (Fsp3) is 0.286. The number of aromatic nitrogens is 1. The van der Waals surface area contributed by atoms with Gasteiger partial charge in [-0.2, -0.15) is 0 Å². The highest BCUT2D eigenvalue weighted by Crippen LogP contribution is 2.47. The summed E-state index contributed by atoms with van der Waals surface area (Å²) in [6.45, 7) is 4.25. The minimum atomic E-state index is 0.00294. The van der Waals surface area contributed by atoms with Crippen LogP contribution in [0.1, 0.15) is 17.2 Å². The first-order valence-corrected chi connectivity index (χ1v) is 8.91. The molecule has 0 bridgehead atoms. The highest BCUT2D eigenvalue weighted by atomic mass is 16.1. The fourth-order valence-corrected chi connectivity index (χ4v) is 4.37. The molecule has 1 fully saturated rings. The van der Waals surface area contributed by atoms with Gasteiger partial charge < -0.3 is 9.88 Å². The Bertz CT molecular complexity index is 1020. The molecule has 3 aromatic rings. The van der Waals surface area contributed by atoms with Gasteiger partial charge in [0, 0.05) is 42.7 Å². The van der Waals surface area contributed by atoms with Crippen LogP contribution in [0.3, 0.4) is 0 Å². The number of piperazine rings is 1. The predicted molar refractivity (Wildman–Crippen MR) is 101 cm³/mol. The van der Waals surface area contributed by atoms with Crippen LogP contribution in [0.2, 0.25) is 0 Å². The number of fused-ring (bicyclic) bond motifs is 5. The van der Waals surface area contributed by atoms with E-state index in [9.17, 15) is 4.79 Å². The molecule has 126 valence electrons. The maximum absolute atomic E-state index is 12.6. The van der Waals surface area contributed by atoms with Crippen molar-refractivity contribution < 1.29 is 0 Å². The predicted octanol–water partition coefficient (Wildman–Crippen LogP) is 2.85. The normalized spacial score (nSPS) is 20.6. The van der Waals surface area contributed by atoms with Crippen LogP contribution in [0.5, 0.6) is 0 Å². The molecule has 1 unspecified atom stereocenters. The van der Waals surface area contributed by atoms with E-state index in [0.717, 1.165) is 42.6 Å². The van der Waals surface area contributed by atoms with Gasteiger partial charge in [-0.05, 0) is 24.1 Å². The lowest BCUT2D eigenvalue weighted by Crippen LogP contribution is -2.45. The van der Waals surface area contributed by atoms with E-state index in [4.69, 9.17) is 0 Å². The Morgan fingerprint density at radius 3 is 2.40 bits per heavy atom. The van der Waals surface area contributed by atoms with Gasteiger partial charge >= 0.3 is 0 Å². The first-order valence-electron chi connectivity index (χ1n) is 8.91. The second kappa shape index (κ2) is 5.55. The average molecular weight is 331 g/mol. The molecule has 1 atom stereocenters. The van der Waals surface area contributed by atoms with Gasteiger partial charge in [0.25, 0.3) is 5.56 Å². The van der Waals surface area contributed by atoms with E-state index >= 15 is 0 Å². The second-order valence-electron chi connectivity index (χ2n) is 7.12. The van der Waals surface area contributed by atoms with Crippen molar-refractivity contribution in [2.45, 2.75) is 6.04 Å². The van der Waals surface area contributed by atoms with Gasteiger partial charge in [-0.1, -0.05) is 42.5 Å². The molecule has 0 radical (unpaired) electrons. The lowest BCUT2D eigenvalue weighted by molar-refractivity contribution is 0.129. The van der Waals surface area contributed by atoms with E-state index < -0.39 is 0 Å². The van der Waals surface area contributed by atoms with Gasteiger partial charge in [0.2, 0.25) is 0 Å². The van der Waals surface area contributed by atoms with Gasteiger partial charge in [-0.3, -0.25) is 9.69 Å². The third kappa shape index (κ3) is 2.18. The molecule has 1 aliphatic heterocycles. The van der Waals surface area contributed by atoms with E-state index in [1.165, 1.54) is 16.7 Å². The molecule has 0 amide bonds. The molecule has 0 spiro atoms. The smallest absolute Gasteiger partial charge is 0.256 e. The molecule has 1 aliphatic carbocycles. The van der Waals surface area contributed by atoms with Crippen molar-refractivity contribution in [1.82, 2.24) is 14.8 Å². The zero-order valence-electron chi connectivity index (χ0n) is 14.3. The standard InChI is InChI=1S/C21H21N3O/c1-23-10-12-24(13-11-23)20-16-8-4-3-7-15(16)19-18(20)14-6-2-5-9-17(14)21(25)22-19/h2-9,20H,10-13H2,1H3,(H,22,25). The minimum Gasteiger partial charge on any atom is -0.321 e. The summed E-state index contributed by atoms with van der Waals surface area (Å²) in [4.78, 5) is 20.7. The van der Waals surface area contributed by atoms with Gasteiger partial charge in [-0.25, -0.2) is 0 Å². The van der Waals surface area contributed by atoms with Crippen LogP contribution in [-0.2, 0) is 0 Å². The molecule has 1 saturated heterocycles. The summed E-state index contributed by atoms with van der Waals surface area (Å²) in [6, 6.07) is 16.7. The van der Waals surface area contributed by atoms with Crippen molar-refractivity contribution in [3.05, 3.63) is 70.0 Å². The maximum Gasteiger partial charge on any atom is 0.256 e. The number of nitrogens with one attached hydrogen (secondary N) is 1. The summed E-state index contributed by atoms with van der Waals surface area (Å²) < 4.78 is 0. The lowest BCUT2D eigenvalue weighted by Gasteiger charge is -2.37. The monoisotopic (exact) mass is 331 g/mol. The summed E-state index contributed by atoms with van der Waals surface area (Å²) in [5, 5.41) is 1.87. The van der Waals surface area contributed by atoms with Crippen LogP contribution in [-0.4, -0.2) is 48.0 Å². The van der Waals surface area contributed by atoms with E-state index in [1.807, 2.05) is 18.2 Å². The third-order valence-electron chi connectivity index (χ3n) is 5.67. The largest absolute Gasteiger partial charge is 0.321 e. The molecule has 2 aromatic carbocycles. The summed E-state index contributed by atoms with van der Waals surface area (Å²) in [5.41, 5.74) is 4.76. The summed E-state index contributed by atoms with van der Waals surface area (Å²) >= 11 is 0. The zero-order chi connectivity index (χ0) is 17.0. The second-order valence-corrected chi connectivity index (χ2v) is 7.12. The topological polar surface area (TPSA) is 39.3 Å². The Morgan fingerprint density at radius 2 is 1.60 bits per heavy atom. The number of hydrogen-bond donors (Lipinski definition) is 1. The summed E-state index contributed by atoms with van der Waals surface area (Å²) in [7, 11) is 2.18. The molecule has 4 nitrogen and oxygen atoms in total. The van der Waals surface area contributed by atoms with Crippen LogP contribution >= 0.6 is 0 Å². The van der Waals surface area contributed by atoms with Crippen LogP contribution in [0.25, 0.3) is 22.0 Å². The average Bonchev–Trinajstić information content (AvgIpc) is 2.97. The number of H-pyrrole nitrogens is 1. The molecular formula is C21H21N3O. The summed E-state index contributed by atoms with van der Waals surface area (Å²) in [6.07, 6.45) is 0. The van der Waals surface area contributed by atoms with Crippen molar-refractivity contribution >= 4 is 10.8 Å². The van der Waals surface area contributed by atoms with Crippen LogP contribution < -0.4 is 5.56 Å². The maximum atomic E-state index is 12.6. The summed E-state index contributed by atoms with van der Waals surface area (Å²) in [5.74, 6) is 0. The number of hydrogen-bond acceptors (Lipinski definition) is 3. The van der Waals surface area contributed by atoms with Gasteiger partial charge in [-0.15, -0.1) is 0 Å². The number of rotatable bonds is 1. The quantitative estimate of drug-likeness (QED) is 0.745. The molecule has 1 N–H and O–H groups in total. The van der Waals surface area contributed by atoms with E-state index in [1.54, 1.807) is 0 Å². The molecule has 2 heterocycles. The first kappa shape index (κ1) is 14.9. The number of nitrogens with zero attached hydrogens (tertiary/aromatic N) is 2. The Labute approximate surface area is 146 Å². The first-order chi connectivity index (χ1) is 12.2. The highest BCUT2D eigenvalue weighted by Gasteiger charge is 2.36. The molecule has 0 saturated carbocycles. The number of likely N-dealkylation sites (N-methyl/N-ethyl adjacent to an activating group) is 1. The molecular weight excluding hydrogens is 310 g/mol. The van der Waals surface area contributed by atoms with E-state index in [-0.39, 0.29) is 11.6 Å². The van der Waals surface area contributed by atoms with Crippen molar-refractivity contribution in [2.24, 2.45) is 0 Å². The van der Waals surface area contributed by atoms with Gasteiger partial charge in [0.05, 0.1) is 11.7 Å². The van der Waals surface area contributed by atoms with E-state index in [2.05, 4.69) is 52.2 Å². The molecule has 5 rings (SSSR count). The molecule has 1 aromatic heterocycles. The number of benzene rings is 2. The Hall–Kier alpha value is -2.43. The fourth-order valence-electron chi connectivity index (χ4n) is 4.37. The number of pyridine rings is 1. The van der Waals surface area contributed by atoms with Crippen molar-refractivity contribution in [2.75, 3.05) is 33.2 Å². The van der Waals surface area contributed by atoms with Crippen LogP contribution in [0.4, 0.5) is 0 Å². The Kier molecular flexibility index (Phi) is 3.30.